The second-order valence-electron chi connectivity index (χ2n) is 3.64. The number of nitrogens with two attached hydrogens (primary N) is 1. The molecule has 15 heavy (non-hydrogen) atoms. The first-order chi connectivity index (χ1) is 7.16. The van der Waals surface area contributed by atoms with Gasteiger partial charge < -0.3 is 20.2 Å². The fraction of sp³-hybridized carbons (Fsp3) is 0.556. The van der Waals surface area contributed by atoms with Gasteiger partial charge in [0, 0.05) is 19.1 Å². The van der Waals surface area contributed by atoms with Crippen molar-refractivity contribution in [2.24, 2.45) is 5.73 Å². The van der Waals surface area contributed by atoms with Crippen molar-refractivity contribution in [2.45, 2.75) is 18.9 Å². The summed E-state index contributed by atoms with van der Waals surface area (Å²) in [6.07, 6.45) is 2.99. The van der Waals surface area contributed by atoms with Crippen LogP contribution < -0.4 is 10.6 Å². The summed E-state index contributed by atoms with van der Waals surface area (Å²) in [5, 5.41) is 8.67. The van der Waals surface area contributed by atoms with E-state index in [4.69, 9.17) is 15.3 Å². The van der Waals surface area contributed by atoms with Crippen LogP contribution in [0.25, 0.3) is 0 Å². The topological polar surface area (TPSA) is 92.6 Å². The zero-order valence-electron chi connectivity index (χ0n) is 8.22. The number of nitrogens with zero attached hydrogens (tertiary/aromatic N) is 2. The number of carboxylic acid groups (broad SMARTS) is 1. The summed E-state index contributed by atoms with van der Waals surface area (Å²) in [5.41, 5.74) is 5.76. The minimum atomic E-state index is -1.09. The summed E-state index contributed by atoms with van der Waals surface area (Å²) < 4.78 is 5.09. The normalized spacial score (nSPS) is 18.1. The van der Waals surface area contributed by atoms with Crippen LogP contribution in [-0.2, 0) is 0 Å². The number of aromatic carboxylic acids is 1. The summed E-state index contributed by atoms with van der Waals surface area (Å²) in [6, 6.07) is 0.606. The lowest BCUT2D eigenvalue weighted by atomic mass is 10.1. The second-order valence-corrected chi connectivity index (χ2v) is 3.64. The molecule has 1 aromatic heterocycles. The molecule has 0 radical (unpaired) electrons. The van der Waals surface area contributed by atoms with Crippen LogP contribution in [0.15, 0.2) is 10.6 Å². The van der Waals surface area contributed by atoms with E-state index < -0.39 is 5.97 Å². The Labute approximate surface area is 86.7 Å². The number of aromatic nitrogens is 1. The van der Waals surface area contributed by atoms with Crippen molar-refractivity contribution in [2.75, 3.05) is 18.0 Å². The SMILES string of the molecule is NC1CCN(c2ncc(C(=O)O)o2)CC1. The lowest BCUT2D eigenvalue weighted by Gasteiger charge is -2.28. The van der Waals surface area contributed by atoms with Crippen molar-refractivity contribution in [1.29, 1.82) is 0 Å². The highest BCUT2D eigenvalue weighted by molar-refractivity contribution is 5.84. The molecule has 0 atom stereocenters. The predicted molar refractivity (Wildman–Crippen MR) is 52.9 cm³/mol. The zero-order valence-corrected chi connectivity index (χ0v) is 8.22. The van der Waals surface area contributed by atoms with Gasteiger partial charge in [-0.1, -0.05) is 0 Å². The number of hydrogen-bond acceptors (Lipinski definition) is 5. The standard InChI is InChI=1S/C9H13N3O3/c10-6-1-3-12(4-2-6)9-11-5-7(15-9)8(13)14/h5-6H,1-4,10H2,(H,13,14). The Hall–Kier alpha value is -1.56. The van der Waals surface area contributed by atoms with Gasteiger partial charge in [-0.15, -0.1) is 0 Å². The van der Waals surface area contributed by atoms with E-state index in [1.807, 2.05) is 4.90 Å². The number of anilines is 1. The maximum Gasteiger partial charge on any atom is 0.373 e. The number of rotatable bonds is 2. The maximum atomic E-state index is 10.6. The summed E-state index contributed by atoms with van der Waals surface area (Å²) in [5.74, 6) is -1.22. The Morgan fingerprint density at radius 1 is 1.60 bits per heavy atom. The third-order valence-corrected chi connectivity index (χ3v) is 2.51. The first kappa shape index (κ1) is 9.97. The molecule has 1 fully saturated rings. The quantitative estimate of drug-likeness (QED) is 0.730. The summed E-state index contributed by atoms with van der Waals surface area (Å²) >= 11 is 0. The molecule has 1 saturated heterocycles. The molecule has 0 amide bonds. The van der Waals surface area contributed by atoms with Crippen molar-refractivity contribution in [3.63, 3.8) is 0 Å². The minimum Gasteiger partial charge on any atom is -0.475 e. The van der Waals surface area contributed by atoms with Gasteiger partial charge in [0.25, 0.3) is 6.01 Å². The monoisotopic (exact) mass is 211 g/mol. The first-order valence-corrected chi connectivity index (χ1v) is 4.86. The van der Waals surface area contributed by atoms with Gasteiger partial charge in [0.2, 0.25) is 5.76 Å². The molecule has 82 valence electrons. The molecular formula is C9H13N3O3. The van der Waals surface area contributed by atoms with Gasteiger partial charge in [-0.25, -0.2) is 9.78 Å². The maximum absolute atomic E-state index is 10.6. The van der Waals surface area contributed by atoms with E-state index in [1.54, 1.807) is 0 Å². The fourth-order valence-electron chi connectivity index (χ4n) is 1.60. The molecule has 2 heterocycles. The van der Waals surface area contributed by atoms with Crippen molar-refractivity contribution in [3.05, 3.63) is 12.0 Å². The Morgan fingerprint density at radius 2 is 2.27 bits per heavy atom. The van der Waals surface area contributed by atoms with Gasteiger partial charge >= 0.3 is 5.97 Å². The van der Waals surface area contributed by atoms with Crippen LogP contribution in [0, 0.1) is 0 Å². The molecule has 3 N–H and O–H groups in total. The molecule has 0 spiro atoms. The van der Waals surface area contributed by atoms with E-state index in [2.05, 4.69) is 4.98 Å². The van der Waals surface area contributed by atoms with Crippen molar-refractivity contribution >= 4 is 12.0 Å². The Kier molecular flexibility index (Phi) is 2.59. The van der Waals surface area contributed by atoms with Crippen LogP contribution in [0.3, 0.4) is 0 Å². The van der Waals surface area contributed by atoms with E-state index in [9.17, 15) is 4.79 Å². The van der Waals surface area contributed by atoms with Crippen LogP contribution >= 0.6 is 0 Å². The van der Waals surface area contributed by atoms with Gasteiger partial charge in [0.1, 0.15) is 0 Å². The highest BCUT2D eigenvalue weighted by Crippen LogP contribution is 2.18. The molecule has 1 aromatic rings. The molecule has 6 nitrogen and oxygen atoms in total. The number of piperidine rings is 1. The Morgan fingerprint density at radius 3 is 2.80 bits per heavy atom. The fourth-order valence-corrected chi connectivity index (χ4v) is 1.60. The smallest absolute Gasteiger partial charge is 0.373 e. The average molecular weight is 211 g/mol. The minimum absolute atomic E-state index is 0.125. The lowest BCUT2D eigenvalue weighted by molar-refractivity contribution is 0.0663. The molecule has 1 aliphatic rings. The van der Waals surface area contributed by atoms with Gasteiger partial charge in [-0.2, -0.15) is 0 Å². The van der Waals surface area contributed by atoms with Crippen molar-refractivity contribution < 1.29 is 14.3 Å². The largest absolute Gasteiger partial charge is 0.475 e. The molecule has 0 unspecified atom stereocenters. The predicted octanol–water partition coefficient (Wildman–Crippen LogP) is 0.300. The van der Waals surface area contributed by atoms with Gasteiger partial charge in [-0.3, -0.25) is 0 Å². The van der Waals surface area contributed by atoms with E-state index in [0.717, 1.165) is 25.9 Å². The second kappa shape index (κ2) is 3.90. The molecule has 0 aliphatic carbocycles. The molecule has 6 heteroatoms. The third kappa shape index (κ3) is 2.10. The zero-order chi connectivity index (χ0) is 10.8. The summed E-state index contributed by atoms with van der Waals surface area (Å²) in [4.78, 5) is 16.4. The Balaban J connectivity index is 2.06. The number of oxazole rings is 1. The first-order valence-electron chi connectivity index (χ1n) is 4.86. The van der Waals surface area contributed by atoms with Crippen LogP contribution in [0.1, 0.15) is 23.4 Å². The van der Waals surface area contributed by atoms with Crippen molar-refractivity contribution in [1.82, 2.24) is 4.98 Å². The molecule has 1 aliphatic heterocycles. The molecule has 2 rings (SSSR count). The van der Waals surface area contributed by atoms with Crippen molar-refractivity contribution in [3.8, 4) is 0 Å². The molecular weight excluding hydrogens is 198 g/mol. The van der Waals surface area contributed by atoms with Crippen LogP contribution in [0.2, 0.25) is 0 Å². The number of hydrogen-bond donors (Lipinski definition) is 2. The number of carbonyl (C=O) groups is 1. The third-order valence-electron chi connectivity index (χ3n) is 2.51. The lowest BCUT2D eigenvalue weighted by Crippen LogP contribution is -2.39. The van der Waals surface area contributed by atoms with E-state index in [-0.39, 0.29) is 11.8 Å². The Bertz CT molecular complexity index is 355. The van der Waals surface area contributed by atoms with E-state index in [0.29, 0.717) is 6.01 Å². The van der Waals surface area contributed by atoms with Gasteiger partial charge in [0.15, 0.2) is 0 Å². The van der Waals surface area contributed by atoms with Crippen LogP contribution in [-0.4, -0.2) is 35.2 Å². The van der Waals surface area contributed by atoms with Crippen LogP contribution in [0.5, 0.6) is 0 Å². The highest BCUT2D eigenvalue weighted by Gasteiger charge is 2.21. The molecule has 0 aromatic carbocycles. The highest BCUT2D eigenvalue weighted by atomic mass is 16.4. The summed E-state index contributed by atoms with van der Waals surface area (Å²) in [7, 11) is 0. The molecule has 0 bridgehead atoms. The van der Waals surface area contributed by atoms with Gasteiger partial charge in [-0.05, 0) is 12.8 Å². The molecule has 0 saturated carbocycles. The van der Waals surface area contributed by atoms with Gasteiger partial charge in [0.05, 0.1) is 6.20 Å². The average Bonchev–Trinajstić information content (AvgIpc) is 2.68. The van der Waals surface area contributed by atoms with Crippen LogP contribution in [0.4, 0.5) is 6.01 Å². The number of carboxylic acids is 1. The van der Waals surface area contributed by atoms with E-state index in [1.165, 1.54) is 6.20 Å². The summed E-state index contributed by atoms with van der Waals surface area (Å²) in [6.45, 7) is 1.53. The van der Waals surface area contributed by atoms with E-state index >= 15 is 0 Å².